The largest absolute Gasteiger partial charge is 0.481 e. The smallest absolute Gasteiger partial charge is 0.321 e. The predicted octanol–water partition coefficient (Wildman–Crippen LogP) is 4.79. The first-order valence-electron chi connectivity index (χ1n) is 16.9. The summed E-state index contributed by atoms with van der Waals surface area (Å²) in [6.45, 7) is 1.40. The van der Waals surface area contributed by atoms with Crippen molar-refractivity contribution < 1.29 is 24.5 Å². The van der Waals surface area contributed by atoms with E-state index in [4.69, 9.17) is 32.9 Å². The molecule has 1 unspecified atom stereocenters. The van der Waals surface area contributed by atoms with Crippen molar-refractivity contribution in [2.24, 2.45) is 0 Å². The fraction of sp³-hybridized carbons (Fsp3) is 0.289. The van der Waals surface area contributed by atoms with Crippen molar-refractivity contribution in [2.45, 2.75) is 50.5 Å². The number of aromatic nitrogens is 3. The molecule has 5 aromatic rings. The van der Waals surface area contributed by atoms with Crippen LogP contribution in [0.4, 0.5) is 0 Å². The number of ether oxygens (including phenoxy) is 1. The van der Waals surface area contributed by atoms with Gasteiger partial charge in [0.05, 0.1) is 34.5 Å². The van der Waals surface area contributed by atoms with Crippen molar-refractivity contribution in [1.29, 1.82) is 0 Å². The van der Waals surface area contributed by atoms with Gasteiger partial charge in [-0.15, -0.1) is 0 Å². The number of pyridine rings is 2. The number of halogens is 2. The first-order valence-corrected chi connectivity index (χ1v) is 17.6. The molecule has 3 atom stereocenters. The Labute approximate surface area is 309 Å². The number of aliphatic carboxylic acids is 1. The molecule has 0 bridgehead atoms. The van der Waals surface area contributed by atoms with Crippen molar-refractivity contribution in [3.05, 3.63) is 105 Å². The zero-order chi connectivity index (χ0) is 36.5. The van der Waals surface area contributed by atoms with Gasteiger partial charge in [-0.2, -0.15) is 0 Å². The fourth-order valence-electron chi connectivity index (χ4n) is 6.96. The van der Waals surface area contributed by atoms with E-state index < -0.39 is 18.1 Å². The molecule has 0 saturated carbocycles. The number of carboxylic acids is 1. The number of hydrogen-bond acceptors (Lipinski definition) is 9. The third kappa shape index (κ3) is 7.12. The number of likely N-dealkylation sites (tertiary alicyclic amines) is 1. The molecule has 2 aromatic carbocycles. The van der Waals surface area contributed by atoms with Crippen LogP contribution in [-0.4, -0.2) is 79.7 Å². The van der Waals surface area contributed by atoms with Crippen LogP contribution in [0, 0.1) is 0 Å². The van der Waals surface area contributed by atoms with Crippen molar-refractivity contribution in [1.82, 2.24) is 29.9 Å². The second kappa shape index (κ2) is 15.0. The van der Waals surface area contributed by atoms with Gasteiger partial charge < -0.3 is 25.6 Å². The normalized spacial score (nSPS) is 18.9. The maximum Gasteiger partial charge on any atom is 0.321 e. The lowest BCUT2D eigenvalue weighted by atomic mass is 9.97. The lowest BCUT2D eigenvalue weighted by molar-refractivity contribution is -0.142. The highest BCUT2D eigenvalue weighted by Crippen LogP contribution is 2.42. The number of carbonyl (C=O) groups excluding carboxylic acids is 1. The van der Waals surface area contributed by atoms with E-state index in [-0.39, 0.29) is 37.0 Å². The van der Waals surface area contributed by atoms with E-state index in [9.17, 15) is 24.6 Å². The van der Waals surface area contributed by atoms with Crippen LogP contribution in [0.2, 0.25) is 10.0 Å². The molecule has 14 heteroatoms. The van der Waals surface area contributed by atoms with Crippen LogP contribution in [0.3, 0.4) is 0 Å². The number of amides is 1. The van der Waals surface area contributed by atoms with E-state index in [1.165, 1.54) is 10.6 Å². The van der Waals surface area contributed by atoms with E-state index >= 15 is 0 Å². The Morgan fingerprint density at radius 1 is 1.02 bits per heavy atom. The minimum absolute atomic E-state index is 0.0598. The standard InChI is InChI=1S/C38H36Cl2N6O6/c1-52-36-22(16-41-18-24-9-11-33(48)43-24)8-10-30(44-36)29-7-3-6-28(35(29)40)27-5-2-4-26(34(27)39)21-12-13-46-32(14-21)42-17-23(37(46)49)19-45-20-25(47)15-31(45)38(50)51/h2-8,10,12-14,17,24-25,31,41,47H,9,11,15-16,18-20H2,1H3,(H,43,48)(H,50,51)/t24-,25?,31+/m1/s1. The Balaban J connectivity index is 1.14. The number of benzene rings is 2. The molecule has 2 fully saturated rings. The third-order valence-electron chi connectivity index (χ3n) is 9.62. The second-order valence-electron chi connectivity index (χ2n) is 13.0. The number of methoxy groups -OCH3 is 1. The molecule has 4 N–H and O–H groups in total. The SMILES string of the molecule is COc1nc(-c2cccc(-c3cccc(-c4ccn5c(=O)c(CN6CC(O)C[C@H]6C(=O)O)cnc5c4)c3Cl)c2Cl)ccc1CNC[C@H]1CCC(=O)N1. The number of β-amino-alcohol motifs (C(OH)–C–C–N with tert-alkyl or cyclic N) is 1. The van der Waals surface area contributed by atoms with Crippen LogP contribution in [0.25, 0.3) is 39.2 Å². The lowest BCUT2D eigenvalue weighted by Gasteiger charge is -2.20. The summed E-state index contributed by atoms with van der Waals surface area (Å²) in [6.07, 6.45) is 3.79. The van der Waals surface area contributed by atoms with Crippen LogP contribution in [0.5, 0.6) is 5.88 Å². The summed E-state index contributed by atoms with van der Waals surface area (Å²) < 4.78 is 7.05. The summed E-state index contributed by atoms with van der Waals surface area (Å²) in [4.78, 5) is 47.4. The summed E-state index contributed by atoms with van der Waals surface area (Å²) >= 11 is 14.2. The molecule has 2 aliphatic rings. The summed E-state index contributed by atoms with van der Waals surface area (Å²) in [5.74, 6) is -0.485. The first-order chi connectivity index (χ1) is 25.1. The number of aliphatic hydroxyl groups excluding tert-OH is 1. The lowest BCUT2D eigenvalue weighted by Crippen LogP contribution is -2.37. The van der Waals surface area contributed by atoms with E-state index in [0.29, 0.717) is 74.6 Å². The molecule has 12 nitrogen and oxygen atoms in total. The van der Waals surface area contributed by atoms with Gasteiger partial charge in [0, 0.05) is 85.3 Å². The van der Waals surface area contributed by atoms with Crippen molar-refractivity contribution >= 4 is 40.7 Å². The van der Waals surface area contributed by atoms with Gasteiger partial charge >= 0.3 is 5.97 Å². The van der Waals surface area contributed by atoms with Crippen LogP contribution in [0.15, 0.2) is 77.9 Å². The van der Waals surface area contributed by atoms with Gasteiger partial charge in [-0.1, -0.05) is 65.7 Å². The van der Waals surface area contributed by atoms with Crippen molar-refractivity contribution in [3.63, 3.8) is 0 Å². The van der Waals surface area contributed by atoms with Crippen LogP contribution >= 0.6 is 23.2 Å². The Kier molecular flexibility index (Phi) is 10.3. The highest BCUT2D eigenvalue weighted by Gasteiger charge is 2.36. The minimum atomic E-state index is -1.04. The molecule has 3 aromatic heterocycles. The number of nitrogens with zero attached hydrogens (tertiary/aromatic N) is 4. The van der Waals surface area contributed by atoms with Crippen LogP contribution in [-0.2, 0) is 22.7 Å². The summed E-state index contributed by atoms with van der Waals surface area (Å²) in [5.41, 5.74) is 5.48. The highest BCUT2D eigenvalue weighted by atomic mass is 35.5. The van der Waals surface area contributed by atoms with Gasteiger partial charge in [0.2, 0.25) is 11.8 Å². The number of nitrogens with one attached hydrogen (secondary N) is 2. The molecule has 7 rings (SSSR count). The number of carbonyl (C=O) groups is 2. The van der Waals surface area contributed by atoms with Crippen LogP contribution in [0.1, 0.15) is 30.4 Å². The predicted molar refractivity (Wildman–Crippen MR) is 197 cm³/mol. The average molecular weight is 744 g/mol. The van der Waals surface area contributed by atoms with E-state index in [2.05, 4.69) is 15.6 Å². The summed E-state index contributed by atoms with van der Waals surface area (Å²) in [6, 6.07) is 18.0. The molecule has 1 amide bonds. The zero-order valence-electron chi connectivity index (χ0n) is 28.2. The Morgan fingerprint density at radius 3 is 2.46 bits per heavy atom. The third-order valence-corrected chi connectivity index (χ3v) is 10.4. The molecular weight excluding hydrogens is 707 g/mol. The first kappa shape index (κ1) is 35.5. The molecule has 2 aliphatic heterocycles. The number of aliphatic hydroxyl groups is 1. The summed E-state index contributed by atoms with van der Waals surface area (Å²) in [5, 5.41) is 26.8. The van der Waals surface area contributed by atoms with Gasteiger partial charge in [0.25, 0.3) is 5.56 Å². The molecule has 268 valence electrons. The molecule has 0 radical (unpaired) electrons. The molecule has 52 heavy (non-hydrogen) atoms. The van der Waals surface area contributed by atoms with Gasteiger partial charge in [0.15, 0.2) is 0 Å². The molecule has 2 saturated heterocycles. The van der Waals surface area contributed by atoms with Crippen LogP contribution < -0.4 is 20.9 Å². The number of rotatable bonds is 11. The highest BCUT2D eigenvalue weighted by molar-refractivity contribution is 6.39. The average Bonchev–Trinajstić information content (AvgIpc) is 3.73. The fourth-order valence-corrected chi connectivity index (χ4v) is 7.62. The van der Waals surface area contributed by atoms with Gasteiger partial charge in [0.1, 0.15) is 11.7 Å². The van der Waals surface area contributed by atoms with E-state index in [1.807, 2.05) is 48.5 Å². The number of carboxylic acid groups (broad SMARTS) is 1. The minimum Gasteiger partial charge on any atom is -0.481 e. The maximum atomic E-state index is 13.4. The number of hydrogen-bond donors (Lipinski definition) is 4. The number of fused-ring (bicyclic) bond motifs is 1. The summed E-state index contributed by atoms with van der Waals surface area (Å²) in [7, 11) is 1.57. The molecule has 5 heterocycles. The zero-order valence-corrected chi connectivity index (χ0v) is 29.7. The van der Waals surface area contributed by atoms with E-state index in [1.54, 1.807) is 30.3 Å². The Morgan fingerprint density at radius 2 is 1.75 bits per heavy atom. The van der Waals surface area contributed by atoms with E-state index in [0.717, 1.165) is 17.5 Å². The Hall–Kier alpha value is -4.85. The van der Waals surface area contributed by atoms with Crippen molar-refractivity contribution in [3.8, 4) is 39.4 Å². The second-order valence-corrected chi connectivity index (χ2v) is 13.8. The molecule has 0 aliphatic carbocycles. The molecule has 0 spiro atoms. The van der Waals surface area contributed by atoms with Crippen molar-refractivity contribution in [2.75, 3.05) is 20.2 Å². The van der Waals surface area contributed by atoms with Gasteiger partial charge in [-0.05, 0) is 30.2 Å². The van der Waals surface area contributed by atoms with Gasteiger partial charge in [-0.3, -0.25) is 23.7 Å². The Bertz CT molecular complexity index is 2250. The monoisotopic (exact) mass is 742 g/mol. The molecular formula is C38H36Cl2N6O6. The topological polar surface area (TPSA) is 158 Å². The maximum absolute atomic E-state index is 13.4. The van der Waals surface area contributed by atoms with Gasteiger partial charge in [-0.25, -0.2) is 9.97 Å². The quantitative estimate of drug-likeness (QED) is 0.148.